The van der Waals surface area contributed by atoms with Crippen molar-refractivity contribution in [2.45, 2.75) is 0 Å². The molecule has 4 nitrogen and oxygen atoms in total. The van der Waals surface area contributed by atoms with Crippen LogP contribution >= 0.6 is 22.9 Å². The summed E-state index contributed by atoms with van der Waals surface area (Å²) < 4.78 is 5.68. The highest BCUT2D eigenvalue weighted by atomic mass is 35.5. The number of nitrogens with zero attached hydrogens (tertiary/aromatic N) is 1. The lowest BCUT2D eigenvalue weighted by Crippen LogP contribution is -2.14. The Bertz CT molecular complexity index is 1020. The van der Waals surface area contributed by atoms with Crippen LogP contribution in [0.5, 0.6) is 0 Å². The van der Waals surface area contributed by atoms with Gasteiger partial charge in [0.05, 0.1) is 26.4 Å². The third-order valence-electron chi connectivity index (χ3n) is 3.67. The number of benzene rings is 2. The second-order valence-electron chi connectivity index (χ2n) is 5.31. The Morgan fingerprint density at radius 1 is 1.00 bits per heavy atom. The van der Waals surface area contributed by atoms with E-state index in [-0.39, 0.29) is 12.4 Å². The fourth-order valence-corrected chi connectivity index (χ4v) is 3.42. The topological polar surface area (TPSA) is 67.2 Å². The first-order chi connectivity index (χ1) is 12.6. The molecule has 0 N–H and O–H groups in total. The molecule has 3 rings (SSSR count). The normalized spacial score (nSPS) is 10.2. The maximum Gasteiger partial charge on any atom is 0.339 e. The van der Waals surface area contributed by atoms with E-state index in [4.69, 9.17) is 16.3 Å². The predicted octanol–water partition coefficient (Wildman–Crippen LogP) is 4.98. The Labute approximate surface area is 159 Å². The molecule has 0 aliphatic heterocycles. The summed E-state index contributed by atoms with van der Waals surface area (Å²) in [5.41, 5.74) is 1.98. The van der Waals surface area contributed by atoms with Crippen LogP contribution < -0.4 is 0 Å². The summed E-state index contributed by atoms with van der Waals surface area (Å²) in [5.74, 6) is -0.936. The first-order valence-electron chi connectivity index (χ1n) is 7.64. The van der Waals surface area contributed by atoms with E-state index in [0.29, 0.717) is 31.5 Å². The van der Waals surface area contributed by atoms with Crippen LogP contribution in [0, 0.1) is 11.3 Å². The predicted molar refractivity (Wildman–Crippen MR) is 101 cm³/mol. The van der Waals surface area contributed by atoms with Crippen molar-refractivity contribution in [1.29, 1.82) is 5.26 Å². The van der Waals surface area contributed by atoms with Gasteiger partial charge < -0.3 is 4.74 Å². The molecule has 1 heterocycles. The first kappa shape index (κ1) is 17.9. The molecule has 0 spiro atoms. The molecule has 0 saturated carbocycles. The molecule has 0 atom stereocenters. The van der Waals surface area contributed by atoms with Crippen LogP contribution in [0.4, 0.5) is 0 Å². The lowest BCUT2D eigenvalue weighted by molar-refractivity contribution is 0.0476. The maximum absolute atomic E-state index is 12.5. The van der Waals surface area contributed by atoms with Crippen molar-refractivity contribution >= 4 is 34.7 Å². The zero-order valence-electron chi connectivity index (χ0n) is 13.4. The molecule has 3 aromatic rings. The summed E-state index contributed by atoms with van der Waals surface area (Å²) in [6.07, 6.45) is 0. The van der Waals surface area contributed by atoms with Gasteiger partial charge in [0, 0.05) is 5.56 Å². The summed E-state index contributed by atoms with van der Waals surface area (Å²) in [5, 5.41) is 9.29. The van der Waals surface area contributed by atoms with Crippen molar-refractivity contribution < 1.29 is 14.3 Å². The molecule has 128 valence electrons. The Kier molecular flexibility index (Phi) is 5.47. The smallest absolute Gasteiger partial charge is 0.339 e. The van der Waals surface area contributed by atoms with Crippen LogP contribution in [-0.2, 0) is 4.74 Å². The first-order valence-corrected chi connectivity index (χ1v) is 8.84. The van der Waals surface area contributed by atoms with Crippen LogP contribution in [0.25, 0.3) is 11.1 Å². The van der Waals surface area contributed by atoms with Crippen molar-refractivity contribution in [3.05, 3.63) is 81.0 Å². The third-order valence-corrected chi connectivity index (χ3v) is 4.94. The second kappa shape index (κ2) is 7.96. The number of halogens is 1. The van der Waals surface area contributed by atoms with E-state index in [9.17, 15) is 14.9 Å². The van der Waals surface area contributed by atoms with Gasteiger partial charge in [0.1, 0.15) is 0 Å². The number of hydrogen-bond acceptors (Lipinski definition) is 5. The van der Waals surface area contributed by atoms with E-state index in [0.717, 1.165) is 11.3 Å². The highest BCUT2D eigenvalue weighted by Crippen LogP contribution is 2.27. The number of nitriles is 1. The zero-order chi connectivity index (χ0) is 18.5. The van der Waals surface area contributed by atoms with Gasteiger partial charge in [0.25, 0.3) is 0 Å². The summed E-state index contributed by atoms with van der Waals surface area (Å²) in [6, 6.07) is 19.2. The highest BCUT2D eigenvalue weighted by Gasteiger charge is 2.18. The number of carbonyl (C=O) groups is 2. The van der Waals surface area contributed by atoms with Crippen molar-refractivity contribution in [2.24, 2.45) is 0 Å². The molecule has 0 aliphatic carbocycles. The van der Waals surface area contributed by atoms with Crippen LogP contribution in [0.1, 0.15) is 25.6 Å². The van der Waals surface area contributed by atoms with Gasteiger partial charge in [-0.15, -0.1) is 11.3 Å². The number of thiophene rings is 1. The number of ether oxygens (including phenoxy) is 1. The minimum absolute atomic E-state index is 0.298. The summed E-state index contributed by atoms with van der Waals surface area (Å²) in [4.78, 5) is 25.0. The summed E-state index contributed by atoms with van der Waals surface area (Å²) in [7, 11) is 0. The van der Waals surface area contributed by atoms with Crippen LogP contribution in [0.2, 0.25) is 4.34 Å². The molecule has 0 fully saturated rings. The Morgan fingerprint density at radius 2 is 1.69 bits per heavy atom. The van der Waals surface area contributed by atoms with Gasteiger partial charge in [-0.2, -0.15) is 5.26 Å². The molecule has 26 heavy (non-hydrogen) atoms. The van der Waals surface area contributed by atoms with Crippen molar-refractivity contribution in [1.82, 2.24) is 0 Å². The fraction of sp³-hybridized carbons (Fsp3) is 0.0500. The molecule has 0 bridgehead atoms. The summed E-state index contributed by atoms with van der Waals surface area (Å²) in [6.45, 7) is -0.371. The second-order valence-corrected chi connectivity index (χ2v) is 7.02. The molecule has 0 radical (unpaired) electrons. The lowest BCUT2D eigenvalue weighted by Gasteiger charge is -2.10. The van der Waals surface area contributed by atoms with Gasteiger partial charge >= 0.3 is 5.97 Å². The van der Waals surface area contributed by atoms with Crippen LogP contribution in [0.15, 0.2) is 60.7 Å². The number of Topliss-reactive ketones (excluding diaryl/α,β-unsaturated/α-hetero) is 1. The van der Waals surface area contributed by atoms with Crippen molar-refractivity contribution in [2.75, 3.05) is 6.61 Å². The fourth-order valence-electron chi connectivity index (χ4n) is 2.46. The van der Waals surface area contributed by atoms with Crippen molar-refractivity contribution in [3.8, 4) is 17.2 Å². The molecule has 0 unspecified atom stereocenters. The number of carbonyl (C=O) groups excluding carboxylic acids is 2. The standard InChI is InChI=1S/C20H12ClNO3S/c21-19-10-9-18(26-19)17(23)12-25-20(24)16-8-4-3-7-15(16)14-6-2-1-5-13(14)11-22/h1-10H,12H2. The minimum atomic E-state index is -0.621. The molecule has 6 heteroatoms. The van der Waals surface area contributed by atoms with Crippen LogP contribution in [0.3, 0.4) is 0 Å². The molecule has 0 aliphatic rings. The Balaban J connectivity index is 1.82. The Hall–Kier alpha value is -2.94. The number of rotatable bonds is 5. The summed E-state index contributed by atoms with van der Waals surface area (Å²) >= 11 is 6.95. The maximum atomic E-state index is 12.5. The largest absolute Gasteiger partial charge is 0.454 e. The number of ketones is 1. The quantitative estimate of drug-likeness (QED) is 0.461. The van der Waals surface area contributed by atoms with Gasteiger partial charge in [-0.25, -0.2) is 4.79 Å². The van der Waals surface area contributed by atoms with Gasteiger partial charge in [-0.3, -0.25) is 4.79 Å². The van der Waals surface area contributed by atoms with Crippen LogP contribution in [-0.4, -0.2) is 18.4 Å². The molecule has 0 saturated heterocycles. The van der Waals surface area contributed by atoms with Gasteiger partial charge in [-0.1, -0.05) is 48.0 Å². The number of hydrogen-bond donors (Lipinski definition) is 0. The highest BCUT2D eigenvalue weighted by molar-refractivity contribution is 7.18. The van der Waals surface area contributed by atoms with E-state index in [1.54, 1.807) is 60.7 Å². The SMILES string of the molecule is N#Cc1ccccc1-c1ccccc1C(=O)OCC(=O)c1ccc(Cl)s1. The van der Waals surface area contributed by atoms with E-state index < -0.39 is 5.97 Å². The number of esters is 1. The van der Waals surface area contributed by atoms with Gasteiger partial charge in [-0.05, 0) is 29.8 Å². The molecular formula is C20H12ClNO3S. The molecular weight excluding hydrogens is 370 g/mol. The molecule has 2 aromatic carbocycles. The van der Waals surface area contributed by atoms with Gasteiger partial charge in [0.15, 0.2) is 6.61 Å². The molecule has 1 aromatic heterocycles. The average molecular weight is 382 g/mol. The zero-order valence-corrected chi connectivity index (χ0v) is 15.0. The minimum Gasteiger partial charge on any atom is -0.454 e. The monoisotopic (exact) mass is 381 g/mol. The van der Waals surface area contributed by atoms with E-state index >= 15 is 0 Å². The molecule has 0 amide bonds. The third kappa shape index (κ3) is 3.83. The van der Waals surface area contributed by atoms with E-state index in [1.807, 2.05) is 0 Å². The average Bonchev–Trinajstić information content (AvgIpc) is 3.12. The lowest BCUT2D eigenvalue weighted by atomic mass is 9.96. The van der Waals surface area contributed by atoms with Gasteiger partial charge in [0.2, 0.25) is 5.78 Å². The van der Waals surface area contributed by atoms with E-state index in [2.05, 4.69) is 6.07 Å². The van der Waals surface area contributed by atoms with E-state index in [1.165, 1.54) is 0 Å². The Morgan fingerprint density at radius 3 is 2.38 bits per heavy atom. The van der Waals surface area contributed by atoms with Crippen molar-refractivity contribution in [3.63, 3.8) is 0 Å².